The van der Waals surface area contributed by atoms with Gasteiger partial charge in [-0.2, -0.15) is 0 Å². The third-order valence-corrected chi connectivity index (χ3v) is 3.99. The van der Waals surface area contributed by atoms with E-state index in [0.717, 1.165) is 37.7 Å². The molecule has 0 fully saturated rings. The van der Waals surface area contributed by atoms with Crippen molar-refractivity contribution in [3.63, 3.8) is 0 Å². The molecule has 0 saturated carbocycles. The molecule has 106 valence electrons. The van der Waals surface area contributed by atoms with Gasteiger partial charge in [0.15, 0.2) is 0 Å². The summed E-state index contributed by atoms with van der Waals surface area (Å²) in [4.78, 5) is 0. The van der Waals surface area contributed by atoms with Crippen LogP contribution in [-0.4, -0.2) is 14.8 Å². The van der Waals surface area contributed by atoms with Gasteiger partial charge in [0.25, 0.3) is 0 Å². The first-order valence-corrected chi connectivity index (χ1v) is 7.60. The van der Waals surface area contributed by atoms with E-state index in [-0.39, 0.29) is 0 Å². The van der Waals surface area contributed by atoms with Crippen molar-refractivity contribution in [2.75, 3.05) is 5.32 Å². The predicted octanol–water partition coefficient (Wildman–Crippen LogP) is 3.18. The molecule has 1 aromatic carbocycles. The second-order valence-electron chi connectivity index (χ2n) is 5.43. The second kappa shape index (κ2) is 6.07. The molecule has 0 bridgehead atoms. The molecule has 0 atom stereocenters. The molecule has 1 aliphatic heterocycles. The molecule has 0 amide bonds. The topological polar surface area (TPSA) is 42.7 Å². The Kier molecular flexibility index (Phi) is 4.00. The lowest BCUT2D eigenvalue weighted by Gasteiger charge is -2.09. The molecule has 0 spiro atoms. The number of rotatable bonds is 4. The molecule has 20 heavy (non-hydrogen) atoms. The van der Waals surface area contributed by atoms with E-state index in [1.807, 2.05) is 0 Å². The molecule has 0 radical (unpaired) electrons. The fraction of sp³-hybridized carbons (Fsp3) is 0.500. The normalized spacial score (nSPS) is 14.7. The lowest BCUT2D eigenvalue weighted by molar-refractivity contribution is 0.635. The van der Waals surface area contributed by atoms with Crippen LogP contribution in [0.3, 0.4) is 0 Å². The number of nitrogens with one attached hydrogen (secondary N) is 1. The Bertz CT molecular complexity index is 556. The monoisotopic (exact) mass is 270 g/mol. The average molecular weight is 270 g/mol. The Balaban J connectivity index is 1.67. The smallest absolute Gasteiger partial charge is 0.224 e. The van der Waals surface area contributed by atoms with Crippen molar-refractivity contribution in [2.45, 2.75) is 52.1 Å². The van der Waals surface area contributed by atoms with Gasteiger partial charge in [-0.1, -0.05) is 37.6 Å². The van der Waals surface area contributed by atoms with Crippen LogP contribution in [0.15, 0.2) is 24.3 Å². The number of anilines is 1. The first kappa shape index (κ1) is 13.2. The highest BCUT2D eigenvalue weighted by Crippen LogP contribution is 2.17. The van der Waals surface area contributed by atoms with Crippen LogP contribution in [0.25, 0.3) is 0 Å². The molecule has 1 aromatic heterocycles. The molecule has 0 aliphatic carbocycles. The summed E-state index contributed by atoms with van der Waals surface area (Å²) in [6, 6.07) is 8.76. The van der Waals surface area contributed by atoms with Crippen molar-refractivity contribution in [3.05, 3.63) is 41.2 Å². The Labute approximate surface area is 120 Å². The van der Waals surface area contributed by atoms with E-state index in [2.05, 4.69) is 51.3 Å². The van der Waals surface area contributed by atoms with Crippen molar-refractivity contribution >= 4 is 5.95 Å². The minimum Gasteiger partial charge on any atom is -0.350 e. The summed E-state index contributed by atoms with van der Waals surface area (Å²) in [5.74, 6) is 2.05. The van der Waals surface area contributed by atoms with Crippen LogP contribution in [0.5, 0.6) is 0 Å². The minimum atomic E-state index is 0.808. The number of hydrogen-bond acceptors (Lipinski definition) is 3. The van der Waals surface area contributed by atoms with Gasteiger partial charge in [0, 0.05) is 19.5 Å². The Morgan fingerprint density at radius 1 is 1.05 bits per heavy atom. The van der Waals surface area contributed by atoms with Gasteiger partial charge in [0.1, 0.15) is 5.82 Å². The van der Waals surface area contributed by atoms with E-state index in [0.29, 0.717) is 0 Å². The molecular formula is C16H22N4. The first-order chi connectivity index (χ1) is 9.86. The van der Waals surface area contributed by atoms with E-state index in [9.17, 15) is 0 Å². The van der Waals surface area contributed by atoms with Crippen LogP contribution in [0.1, 0.15) is 43.1 Å². The summed E-state index contributed by atoms with van der Waals surface area (Å²) in [6.45, 7) is 4.03. The van der Waals surface area contributed by atoms with Crippen molar-refractivity contribution < 1.29 is 0 Å². The van der Waals surface area contributed by atoms with Crippen LogP contribution in [-0.2, 0) is 25.9 Å². The predicted molar refractivity (Wildman–Crippen MR) is 80.7 cm³/mol. The van der Waals surface area contributed by atoms with Gasteiger partial charge < -0.3 is 5.32 Å². The SMILES string of the molecule is CCc1ccc(CNc2nnc3n2CCCCC3)cc1. The van der Waals surface area contributed by atoms with Crippen LogP contribution >= 0.6 is 0 Å². The number of aromatic nitrogens is 3. The average Bonchev–Trinajstić information content (AvgIpc) is 2.72. The number of hydrogen-bond donors (Lipinski definition) is 1. The Hall–Kier alpha value is -1.84. The van der Waals surface area contributed by atoms with Crippen molar-refractivity contribution in [1.29, 1.82) is 0 Å². The maximum absolute atomic E-state index is 4.31. The Morgan fingerprint density at radius 3 is 2.65 bits per heavy atom. The van der Waals surface area contributed by atoms with Crippen LogP contribution in [0.2, 0.25) is 0 Å². The van der Waals surface area contributed by atoms with Crippen molar-refractivity contribution in [3.8, 4) is 0 Å². The van der Waals surface area contributed by atoms with Gasteiger partial charge >= 0.3 is 0 Å². The standard InChI is InChI=1S/C16H22N4/c1-2-13-7-9-14(10-8-13)12-17-16-19-18-15-6-4-3-5-11-20(15)16/h7-10H,2-6,11-12H2,1H3,(H,17,19). The van der Waals surface area contributed by atoms with Gasteiger partial charge in [-0.25, -0.2) is 0 Å². The van der Waals surface area contributed by atoms with Crippen molar-refractivity contribution in [2.24, 2.45) is 0 Å². The van der Waals surface area contributed by atoms with E-state index >= 15 is 0 Å². The van der Waals surface area contributed by atoms with Gasteiger partial charge in [-0.05, 0) is 30.4 Å². The molecule has 1 aliphatic rings. The van der Waals surface area contributed by atoms with Gasteiger partial charge in [0.2, 0.25) is 5.95 Å². The zero-order valence-corrected chi connectivity index (χ0v) is 12.1. The maximum Gasteiger partial charge on any atom is 0.224 e. The third-order valence-electron chi connectivity index (χ3n) is 3.99. The number of fused-ring (bicyclic) bond motifs is 1. The summed E-state index contributed by atoms with van der Waals surface area (Å²) in [6.07, 6.45) is 5.90. The molecule has 1 N–H and O–H groups in total. The summed E-state index contributed by atoms with van der Waals surface area (Å²) in [5.41, 5.74) is 2.67. The quantitative estimate of drug-likeness (QED) is 0.928. The van der Waals surface area contributed by atoms with Gasteiger partial charge in [0.05, 0.1) is 0 Å². The summed E-state index contributed by atoms with van der Waals surface area (Å²) in [5, 5.41) is 12.0. The largest absolute Gasteiger partial charge is 0.350 e. The molecule has 2 aromatic rings. The van der Waals surface area contributed by atoms with Gasteiger partial charge in [-0.3, -0.25) is 4.57 Å². The number of nitrogens with zero attached hydrogens (tertiary/aromatic N) is 3. The molecule has 4 heteroatoms. The molecule has 0 unspecified atom stereocenters. The zero-order chi connectivity index (χ0) is 13.8. The number of benzene rings is 1. The highest BCUT2D eigenvalue weighted by atomic mass is 15.3. The summed E-state index contributed by atoms with van der Waals surface area (Å²) >= 11 is 0. The fourth-order valence-electron chi connectivity index (χ4n) is 2.69. The van der Waals surface area contributed by atoms with E-state index in [1.54, 1.807) is 0 Å². The lowest BCUT2D eigenvalue weighted by atomic mass is 10.1. The lowest BCUT2D eigenvalue weighted by Crippen LogP contribution is -2.09. The van der Waals surface area contributed by atoms with E-state index < -0.39 is 0 Å². The minimum absolute atomic E-state index is 0.808. The highest BCUT2D eigenvalue weighted by molar-refractivity contribution is 5.30. The fourth-order valence-corrected chi connectivity index (χ4v) is 2.69. The van der Waals surface area contributed by atoms with Crippen LogP contribution < -0.4 is 5.32 Å². The number of aryl methyl sites for hydroxylation is 2. The van der Waals surface area contributed by atoms with E-state index in [4.69, 9.17) is 0 Å². The highest BCUT2D eigenvalue weighted by Gasteiger charge is 2.13. The van der Waals surface area contributed by atoms with Crippen LogP contribution in [0, 0.1) is 0 Å². The maximum atomic E-state index is 4.31. The molecular weight excluding hydrogens is 248 g/mol. The summed E-state index contributed by atoms with van der Waals surface area (Å²) < 4.78 is 2.24. The van der Waals surface area contributed by atoms with Crippen LogP contribution in [0.4, 0.5) is 5.95 Å². The third kappa shape index (κ3) is 2.84. The molecule has 0 saturated heterocycles. The molecule has 4 nitrogen and oxygen atoms in total. The van der Waals surface area contributed by atoms with E-state index in [1.165, 1.54) is 30.4 Å². The van der Waals surface area contributed by atoms with Crippen molar-refractivity contribution in [1.82, 2.24) is 14.8 Å². The Morgan fingerprint density at radius 2 is 1.85 bits per heavy atom. The van der Waals surface area contributed by atoms with Gasteiger partial charge in [-0.15, -0.1) is 10.2 Å². The molecule has 3 rings (SSSR count). The summed E-state index contributed by atoms with van der Waals surface area (Å²) in [7, 11) is 0. The first-order valence-electron chi connectivity index (χ1n) is 7.60. The zero-order valence-electron chi connectivity index (χ0n) is 12.1. The molecule has 2 heterocycles. The second-order valence-corrected chi connectivity index (χ2v) is 5.43.